The number of nitrogens with zero attached hydrogens (tertiary/aromatic N) is 2. The summed E-state index contributed by atoms with van der Waals surface area (Å²) in [6, 6.07) is -0.419. The Labute approximate surface area is 114 Å². The van der Waals surface area contributed by atoms with E-state index in [1.165, 1.54) is 12.8 Å². The Balaban J connectivity index is 2.10. The number of likely N-dealkylation sites (tertiary alicyclic amines) is 1. The van der Waals surface area contributed by atoms with Crippen molar-refractivity contribution in [3.05, 3.63) is 0 Å². The predicted molar refractivity (Wildman–Crippen MR) is 71.9 cm³/mol. The van der Waals surface area contributed by atoms with Gasteiger partial charge in [0.15, 0.2) is 0 Å². The molecule has 2 unspecified atom stereocenters. The Morgan fingerprint density at radius 3 is 2.42 bits per heavy atom. The first-order valence-corrected chi connectivity index (χ1v) is 7.36. The number of carbonyl (C=O) groups excluding carboxylic acids is 1. The van der Waals surface area contributed by atoms with Crippen LogP contribution < -0.4 is 0 Å². The van der Waals surface area contributed by atoms with Crippen molar-refractivity contribution in [3.8, 4) is 0 Å². The van der Waals surface area contributed by atoms with Crippen LogP contribution in [-0.4, -0.2) is 52.1 Å². The van der Waals surface area contributed by atoms with Crippen LogP contribution in [0.4, 0.5) is 4.79 Å². The van der Waals surface area contributed by atoms with Crippen molar-refractivity contribution >= 4 is 12.0 Å². The molecular weight excluding hydrogens is 244 g/mol. The summed E-state index contributed by atoms with van der Waals surface area (Å²) in [7, 11) is 0. The summed E-state index contributed by atoms with van der Waals surface area (Å²) in [5.41, 5.74) is 0. The summed E-state index contributed by atoms with van der Waals surface area (Å²) >= 11 is 0. The fraction of sp³-hybridized carbons (Fsp3) is 0.857. The second-order valence-corrected chi connectivity index (χ2v) is 5.75. The van der Waals surface area contributed by atoms with Crippen LogP contribution in [0.2, 0.25) is 0 Å². The van der Waals surface area contributed by atoms with Crippen molar-refractivity contribution in [3.63, 3.8) is 0 Å². The third-order valence-electron chi connectivity index (χ3n) is 4.55. The highest BCUT2D eigenvalue weighted by Gasteiger charge is 2.42. The first-order valence-electron chi connectivity index (χ1n) is 7.36. The predicted octanol–water partition coefficient (Wildman–Crippen LogP) is 2.17. The highest BCUT2D eigenvalue weighted by atomic mass is 16.4. The molecule has 0 aromatic rings. The van der Waals surface area contributed by atoms with Crippen LogP contribution in [0.15, 0.2) is 0 Å². The molecule has 1 saturated carbocycles. The van der Waals surface area contributed by atoms with Gasteiger partial charge < -0.3 is 14.9 Å². The largest absolute Gasteiger partial charge is 0.480 e. The molecule has 5 nitrogen and oxygen atoms in total. The van der Waals surface area contributed by atoms with Gasteiger partial charge in [-0.25, -0.2) is 9.59 Å². The standard InChI is InChI=1S/C14H24N2O3/c1-3-15(11-6-4-5-7-11)14(19)16-9-8-10(2)12(16)13(17)18/h10-12H,3-9H2,1-2H3,(H,17,18). The Hall–Kier alpha value is -1.26. The van der Waals surface area contributed by atoms with Gasteiger partial charge in [-0.15, -0.1) is 0 Å². The second kappa shape index (κ2) is 5.80. The minimum absolute atomic E-state index is 0.0451. The lowest BCUT2D eigenvalue weighted by Gasteiger charge is -2.34. The molecule has 1 saturated heterocycles. The molecule has 2 fully saturated rings. The summed E-state index contributed by atoms with van der Waals surface area (Å²) < 4.78 is 0. The van der Waals surface area contributed by atoms with Crippen molar-refractivity contribution in [1.82, 2.24) is 9.80 Å². The lowest BCUT2D eigenvalue weighted by atomic mass is 10.0. The van der Waals surface area contributed by atoms with Gasteiger partial charge in [0, 0.05) is 19.1 Å². The first-order chi connectivity index (χ1) is 9.06. The van der Waals surface area contributed by atoms with E-state index in [9.17, 15) is 14.7 Å². The summed E-state index contributed by atoms with van der Waals surface area (Å²) in [4.78, 5) is 27.4. The average Bonchev–Trinajstić information content (AvgIpc) is 2.99. The van der Waals surface area contributed by atoms with Gasteiger partial charge in [-0.3, -0.25) is 0 Å². The Morgan fingerprint density at radius 1 is 1.26 bits per heavy atom. The number of rotatable bonds is 3. The molecule has 108 valence electrons. The van der Waals surface area contributed by atoms with Crippen molar-refractivity contribution in [2.75, 3.05) is 13.1 Å². The van der Waals surface area contributed by atoms with Crippen molar-refractivity contribution in [2.45, 2.75) is 58.0 Å². The van der Waals surface area contributed by atoms with E-state index in [2.05, 4.69) is 0 Å². The molecule has 0 aromatic carbocycles. The van der Waals surface area contributed by atoms with Gasteiger partial charge in [0.25, 0.3) is 0 Å². The highest BCUT2D eigenvalue weighted by Crippen LogP contribution is 2.29. The molecule has 1 heterocycles. The molecule has 2 atom stereocenters. The third kappa shape index (κ3) is 2.69. The zero-order valence-corrected chi connectivity index (χ0v) is 11.8. The highest BCUT2D eigenvalue weighted by molar-refractivity contribution is 5.83. The monoisotopic (exact) mass is 268 g/mol. The van der Waals surface area contributed by atoms with Crippen LogP contribution in [0.25, 0.3) is 0 Å². The lowest BCUT2D eigenvalue weighted by Crippen LogP contribution is -2.51. The van der Waals surface area contributed by atoms with Crippen LogP contribution in [0.3, 0.4) is 0 Å². The molecule has 1 aliphatic carbocycles. The van der Waals surface area contributed by atoms with Crippen molar-refractivity contribution < 1.29 is 14.7 Å². The lowest BCUT2D eigenvalue weighted by molar-refractivity contribution is -0.142. The molecule has 19 heavy (non-hydrogen) atoms. The average molecular weight is 268 g/mol. The maximum atomic E-state index is 12.6. The van der Waals surface area contributed by atoms with Gasteiger partial charge in [0.05, 0.1) is 0 Å². The van der Waals surface area contributed by atoms with Gasteiger partial charge in [0.2, 0.25) is 0 Å². The van der Waals surface area contributed by atoms with Gasteiger partial charge >= 0.3 is 12.0 Å². The summed E-state index contributed by atoms with van der Waals surface area (Å²) in [6.07, 6.45) is 5.24. The molecule has 0 radical (unpaired) electrons. The van der Waals surface area contributed by atoms with Crippen LogP contribution in [0, 0.1) is 5.92 Å². The molecule has 0 spiro atoms. The van der Waals surface area contributed by atoms with E-state index in [-0.39, 0.29) is 11.9 Å². The molecule has 2 amide bonds. The summed E-state index contributed by atoms with van der Waals surface area (Å²) in [5.74, 6) is -0.829. The van der Waals surface area contributed by atoms with E-state index in [0.717, 1.165) is 19.3 Å². The van der Waals surface area contributed by atoms with Crippen molar-refractivity contribution in [2.24, 2.45) is 5.92 Å². The SMILES string of the molecule is CCN(C(=O)N1CCC(C)C1C(=O)O)C1CCCC1. The van der Waals surface area contributed by atoms with Crippen LogP contribution in [0.5, 0.6) is 0 Å². The third-order valence-corrected chi connectivity index (χ3v) is 4.55. The molecule has 2 rings (SSSR count). The van der Waals surface area contributed by atoms with E-state index in [0.29, 0.717) is 19.1 Å². The Morgan fingerprint density at radius 2 is 1.89 bits per heavy atom. The molecule has 2 aliphatic rings. The number of urea groups is 1. The summed E-state index contributed by atoms with van der Waals surface area (Å²) in [5, 5.41) is 9.31. The summed E-state index contributed by atoms with van der Waals surface area (Å²) in [6.45, 7) is 5.13. The first kappa shape index (κ1) is 14.2. The van der Waals surface area contributed by atoms with Crippen LogP contribution in [-0.2, 0) is 4.79 Å². The quantitative estimate of drug-likeness (QED) is 0.853. The van der Waals surface area contributed by atoms with E-state index in [1.807, 2.05) is 18.7 Å². The number of carboxylic acid groups (broad SMARTS) is 1. The zero-order valence-electron chi connectivity index (χ0n) is 11.8. The number of amides is 2. The van der Waals surface area contributed by atoms with Crippen molar-refractivity contribution in [1.29, 1.82) is 0 Å². The van der Waals surface area contributed by atoms with E-state index >= 15 is 0 Å². The minimum atomic E-state index is -0.874. The zero-order chi connectivity index (χ0) is 14.0. The Kier molecular flexibility index (Phi) is 4.32. The van der Waals surface area contributed by atoms with E-state index in [1.54, 1.807) is 4.90 Å². The maximum absolute atomic E-state index is 12.6. The van der Waals surface area contributed by atoms with Gasteiger partial charge in [-0.2, -0.15) is 0 Å². The van der Waals surface area contributed by atoms with Crippen LogP contribution >= 0.6 is 0 Å². The molecule has 1 N–H and O–H groups in total. The van der Waals surface area contributed by atoms with Crippen LogP contribution in [0.1, 0.15) is 46.0 Å². The number of hydrogen-bond donors (Lipinski definition) is 1. The molecule has 0 bridgehead atoms. The smallest absolute Gasteiger partial charge is 0.326 e. The van der Waals surface area contributed by atoms with E-state index < -0.39 is 12.0 Å². The second-order valence-electron chi connectivity index (χ2n) is 5.75. The maximum Gasteiger partial charge on any atom is 0.326 e. The fourth-order valence-electron chi connectivity index (χ4n) is 3.47. The molecule has 0 aromatic heterocycles. The number of hydrogen-bond acceptors (Lipinski definition) is 2. The minimum Gasteiger partial charge on any atom is -0.480 e. The Bertz CT molecular complexity index is 353. The number of aliphatic carboxylic acids is 1. The molecule has 1 aliphatic heterocycles. The van der Waals surface area contributed by atoms with Gasteiger partial charge in [0.1, 0.15) is 6.04 Å². The fourth-order valence-corrected chi connectivity index (χ4v) is 3.47. The molecular formula is C14H24N2O3. The topological polar surface area (TPSA) is 60.9 Å². The van der Waals surface area contributed by atoms with Gasteiger partial charge in [-0.1, -0.05) is 19.8 Å². The number of carboxylic acids is 1. The number of carbonyl (C=O) groups is 2. The molecule has 5 heteroatoms. The van der Waals surface area contributed by atoms with Gasteiger partial charge in [-0.05, 0) is 32.1 Å². The normalized spacial score (nSPS) is 27.8. The van der Waals surface area contributed by atoms with E-state index in [4.69, 9.17) is 0 Å².